The van der Waals surface area contributed by atoms with E-state index in [4.69, 9.17) is 15.2 Å². The molecule has 4 nitrogen and oxygen atoms in total. The van der Waals surface area contributed by atoms with E-state index in [0.717, 1.165) is 37.6 Å². The maximum Gasteiger partial charge on any atom is 0.161 e. The van der Waals surface area contributed by atoms with Crippen LogP contribution in [0.15, 0.2) is 30.9 Å². The average Bonchev–Trinajstić information content (AvgIpc) is 2.49. The second kappa shape index (κ2) is 8.57. The van der Waals surface area contributed by atoms with Gasteiger partial charge in [0.25, 0.3) is 0 Å². The molecule has 5 heteroatoms. The molecule has 1 fully saturated rings. The largest absolute Gasteiger partial charge is 0.493 e. The first-order valence-electron chi connectivity index (χ1n) is 7.85. The topological polar surface area (TPSA) is 47.7 Å². The maximum absolute atomic E-state index is 6.21. The highest BCUT2D eigenvalue weighted by Gasteiger charge is 2.33. The number of piperidine rings is 1. The minimum atomic E-state index is 0. The van der Waals surface area contributed by atoms with Crippen molar-refractivity contribution in [3.63, 3.8) is 0 Å². The van der Waals surface area contributed by atoms with Crippen LogP contribution in [0.25, 0.3) is 0 Å². The lowest BCUT2D eigenvalue weighted by Crippen LogP contribution is -2.52. The smallest absolute Gasteiger partial charge is 0.161 e. The van der Waals surface area contributed by atoms with E-state index in [1.165, 1.54) is 5.56 Å². The van der Waals surface area contributed by atoms with Crippen LogP contribution in [0.5, 0.6) is 11.5 Å². The Morgan fingerprint density at radius 1 is 1.39 bits per heavy atom. The first kappa shape index (κ1) is 19.8. The number of rotatable bonds is 6. The lowest BCUT2D eigenvalue weighted by Gasteiger charge is -2.42. The summed E-state index contributed by atoms with van der Waals surface area (Å²) in [5.74, 6) is 1.53. The van der Waals surface area contributed by atoms with E-state index < -0.39 is 0 Å². The molecule has 0 radical (unpaired) electrons. The van der Waals surface area contributed by atoms with Gasteiger partial charge in [0.1, 0.15) is 6.61 Å². The highest BCUT2D eigenvalue weighted by atomic mass is 35.5. The number of likely N-dealkylation sites (tertiary alicyclic amines) is 1. The number of benzene rings is 1. The summed E-state index contributed by atoms with van der Waals surface area (Å²) in [6.45, 7) is 11.6. The SMILES string of the molecule is C=CCOc1ccc(CN2CCC(N)C(C)(C)C2)cc1OC.Cl. The highest BCUT2D eigenvalue weighted by molar-refractivity contribution is 5.85. The van der Waals surface area contributed by atoms with Gasteiger partial charge in [0.2, 0.25) is 0 Å². The van der Waals surface area contributed by atoms with E-state index in [2.05, 4.69) is 37.5 Å². The molecule has 2 N–H and O–H groups in total. The molecule has 0 spiro atoms. The quantitative estimate of drug-likeness (QED) is 0.808. The molecule has 0 aromatic heterocycles. The van der Waals surface area contributed by atoms with E-state index in [9.17, 15) is 0 Å². The van der Waals surface area contributed by atoms with Gasteiger partial charge in [-0.15, -0.1) is 12.4 Å². The molecular weight excluding hydrogens is 312 g/mol. The summed E-state index contributed by atoms with van der Waals surface area (Å²) in [5, 5.41) is 0. The van der Waals surface area contributed by atoms with Crippen molar-refractivity contribution in [2.24, 2.45) is 11.1 Å². The average molecular weight is 341 g/mol. The minimum Gasteiger partial charge on any atom is -0.493 e. The third-order valence-electron chi connectivity index (χ3n) is 4.38. The van der Waals surface area contributed by atoms with E-state index >= 15 is 0 Å². The summed E-state index contributed by atoms with van der Waals surface area (Å²) >= 11 is 0. The van der Waals surface area contributed by atoms with Gasteiger partial charge in [-0.2, -0.15) is 0 Å². The summed E-state index contributed by atoms with van der Waals surface area (Å²) < 4.78 is 11.0. The Balaban J connectivity index is 0.00000264. The molecule has 1 atom stereocenters. The Kier molecular flexibility index (Phi) is 7.39. The van der Waals surface area contributed by atoms with Crippen LogP contribution in [0, 0.1) is 5.41 Å². The standard InChI is InChI=1S/C18H28N2O2.ClH/c1-5-10-22-15-7-6-14(11-16(15)21-4)12-20-9-8-17(19)18(2,3)13-20;/h5-7,11,17H,1,8-10,12-13,19H2,2-4H3;1H. The molecule has 0 bridgehead atoms. The fraction of sp³-hybridized carbons (Fsp3) is 0.556. The maximum atomic E-state index is 6.21. The van der Waals surface area contributed by atoms with Crippen LogP contribution >= 0.6 is 12.4 Å². The number of hydrogen-bond acceptors (Lipinski definition) is 4. The molecule has 0 aliphatic carbocycles. The van der Waals surface area contributed by atoms with Gasteiger partial charge in [-0.1, -0.05) is 32.6 Å². The normalized spacial score (nSPS) is 20.4. The lowest BCUT2D eigenvalue weighted by atomic mass is 9.79. The zero-order valence-corrected chi connectivity index (χ0v) is 15.2. The molecule has 1 aromatic carbocycles. The molecule has 130 valence electrons. The molecule has 1 aliphatic rings. The molecule has 1 heterocycles. The second-order valence-corrected chi connectivity index (χ2v) is 6.68. The number of hydrogen-bond donors (Lipinski definition) is 1. The summed E-state index contributed by atoms with van der Waals surface area (Å²) in [4.78, 5) is 2.46. The fourth-order valence-electron chi connectivity index (χ4n) is 2.96. The Hall–Kier alpha value is -1.23. The van der Waals surface area contributed by atoms with Crippen LogP contribution < -0.4 is 15.2 Å². The van der Waals surface area contributed by atoms with E-state index in [0.29, 0.717) is 6.61 Å². The lowest BCUT2D eigenvalue weighted by molar-refractivity contribution is 0.0898. The van der Waals surface area contributed by atoms with Crippen molar-refractivity contribution in [1.29, 1.82) is 0 Å². The van der Waals surface area contributed by atoms with Gasteiger partial charge >= 0.3 is 0 Å². The summed E-state index contributed by atoms with van der Waals surface area (Å²) in [5.41, 5.74) is 7.60. The van der Waals surface area contributed by atoms with Gasteiger partial charge in [0.05, 0.1) is 7.11 Å². The third kappa shape index (κ3) is 5.13. The monoisotopic (exact) mass is 340 g/mol. The predicted molar refractivity (Wildman–Crippen MR) is 97.6 cm³/mol. The van der Waals surface area contributed by atoms with Crippen LogP contribution in [-0.4, -0.2) is 37.7 Å². The molecule has 1 aromatic rings. The van der Waals surface area contributed by atoms with Crippen LogP contribution in [-0.2, 0) is 6.54 Å². The van der Waals surface area contributed by atoms with Gasteiger partial charge in [-0.05, 0) is 29.5 Å². The molecule has 1 aliphatic heterocycles. The first-order chi connectivity index (χ1) is 10.5. The van der Waals surface area contributed by atoms with Gasteiger partial charge in [-0.25, -0.2) is 0 Å². The van der Waals surface area contributed by atoms with Gasteiger partial charge in [-0.3, -0.25) is 4.90 Å². The zero-order chi connectivity index (χ0) is 16.2. The van der Waals surface area contributed by atoms with Crippen molar-refractivity contribution in [1.82, 2.24) is 4.90 Å². The number of methoxy groups -OCH3 is 1. The number of nitrogens with zero attached hydrogens (tertiary/aromatic N) is 1. The Morgan fingerprint density at radius 2 is 2.13 bits per heavy atom. The first-order valence-corrected chi connectivity index (χ1v) is 7.85. The number of halogens is 1. The summed E-state index contributed by atoms with van der Waals surface area (Å²) in [6.07, 6.45) is 2.77. The second-order valence-electron chi connectivity index (χ2n) is 6.68. The number of ether oxygens (including phenoxy) is 2. The van der Waals surface area contributed by atoms with Crippen LogP contribution in [0.1, 0.15) is 25.8 Å². The van der Waals surface area contributed by atoms with Crippen LogP contribution in [0.2, 0.25) is 0 Å². The van der Waals surface area contributed by atoms with Crippen molar-refractivity contribution in [3.05, 3.63) is 36.4 Å². The molecular formula is C18H29ClN2O2. The van der Waals surface area contributed by atoms with Crippen molar-refractivity contribution < 1.29 is 9.47 Å². The van der Waals surface area contributed by atoms with E-state index in [1.54, 1.807) is 13.2 Å². The van der Waals surface area contributed by atoms with Crippen molar-refractivity contribution in [3.8, 4) is 11.5 Å². The predicted octanol–water partition coefficient (Wildman–Crippen LogP) is 3.24. The Bertz CT molecular complexity index is 520. The Labute approximate surface area is 146 Å². The zero-order valence-electron chi connectivity index (χ0n) is 14.4. The molecule has 0 saturated carbocycles. The molecule has 1 saturated heterocycles. The van der Waals surface area contributed by atoms with Crippen LogP contribution in [0.4, 0.5) is 0 Å². The van der Waals surface area contributed by atoms with Gasteiger partial charge in [0.15, 0.2) is 11.5 Å². The third-order valence-corrected chi connectivity index (χ3v) is 4.38. The van der Waals surface area contributed by atoms with Crippen molar-refractivity contribution in [2.75, 3.05) is 26.8 Å². The summed E-state index contributed by atoms with van der Waals surface area (Å²) in [6, 6.07) is 6.41. The number of nitrogens with two attached hydrogens (primary N) is 1. The van der Waals surface area contributed by atoms with Crippen molar-refractivity contribution in [2.45, 2.75) is 32.9 Å². The van der Waals surface area contributed by atoms with Crippen LogP contribution in [0.3, 0.4) is 0 Å². The molecule has 1 unspecified atom stereocenters. The van der Waals surface area contributed by atoms with Gasteiger partial charge < -0.3 is 15.2 Å². The summed E-state index contributed by atoms with van der Waals surface area (Å²) in [7, 11) is 1.67. The Morgan fingerprint density at radius 3 is 2.74 bits per heavy atom. The molecule has 0 amide bonds. The van der Waals surface area contributed by atoms with E-state index in [-0.39, 0.29) is 23.9 Å². The highest BCUT2D eigenvalue weighted by Crippen LogP contribution is 2.31. The van der Waals surface area contributed by atoms with Gasteiger partial charge in [0, 0.05) is 25.7 Å². The fourth-order valence-corrected chi connectivity index (χ4v) is 2.96. The molecule has 23 heavy (non-hydrogen) atoms. The molecule has 2 rings (SSSR count). The van der Waals surface area contributed by atoms with E-state index in [1.807, 2.05) is 6.07 Å². The minimum absolute atomic E-state index is 0. The van der Waals surface area contributed by atoms with Crippen molar-refractivity contribution >= 4 is 12.4 Å².